The van der Waals surface area contributed by atoms with Gasteiger partial charge in [-0.05, 0) is 18.0 Å². The zero-order valence-corrected chi connectivity index (χ0v) is 13.4. The molecule has 23 heavy (non-hydrogen) atoms. The number of nitrogens with zero attached hydrogens (tertiary/aromatic N) is 6. The van der Waals surface area contributed by atoms with Crippen molar-refractivity contribution >= 4 is 0 Å². The van der Waals surface area contributed by atoms with Gasteiger partial charge in [-0.15, -0.1) is 0 Å². The Kier molecular flexibility index (Phi) is 17.2. The van der Waals surface area contributed by atoms with Crippen LogP contribution in [0, 0.1) is 0 Å². The standard InChI is InChI=1S/C12H24N6O5/c1-2-19-3-4-20-5-6-21-7-8-22-9-10-23-11-12(15-17-13)16-18-14/h12H,2-11H2,1H3. The summed E-state index contributed by atoms with van der Waals surface area (Å²) in [7, 11) is 0. The average molecular weight is 332 g/mol. The van der Waals surface area contributed by atoms with E-state index in [1.807, 2.05) is 6.92 Å². The van der Waals surface area contributed by atoms with Crippen LogP contribution in [0.2, 0.25) is 0 Å². The number of ether oxygens (including phenoxy) is 5. The van der Waals surface area contributed by atoms with E-state index in [4.69, 9.17) is 34.7 Å². The minimum Gasteiger partial charge on any atom is -0.379 e. The van der Waals surface area contributed by atoms with Gasteiger partial charge in [-0.25, -0.2) is 0 Å². The van der Waals surface area contributed by atoms with Crippen LogP contribution in [0.15, 0.2) is 10.2 Å². The lowest BCUT2D eigenvalue weighted by Gasteiger charge is -2.08. The second kappa shape index (κ2) is 18.5. The van der Waals surface area contributed by atoms with Gasteiger partial charge in [-0.2, -0.15) is 0 Å². The highest BCUT2D eigenvalue weighted by molar-refractivity contribution is 4.63. The Morgan fingerprint density at radius 3 is 1.48 bits per heavy atom. The predicted octanol–water partition coefficient (Wildman–Crippen LogP) is 2.04. The summed E-state index contributed by atoms with van der Waals surface area (Å²) in [5, 5.41) is 6.54. The number of rotatable bonds is 17. The van der Waals surface area contributed by atoms with Crippen molar-refractivity contribution < 1.29 is 23.7 Å². The van der Waals surface area contributed by atoms with Gasteiger partial charge in [0.2, 0.25) is 0 Å². The molecule has 0 aliphatic heterocycles. The summed E-state index contributed by atoms with van der Waals surface area (Å²) in [6.07, 6.45) is -0.879. The molecule has 0 heterocycles. The summed E-state index contributed by atoms with van der Waals surface area (Å²) in [6, 6.07) is 0. The molecule has 132 valence electrons. The quantitative estimate of drug-likeness (QED) is 0.173. The molecule has 11 heteroatoms. The van der Waals surface area contributed by atoms with Crippen molar-refractivity contribution in [1.82, 2.24) is 0 Å². The number of hydrogen-bond donors (Lipinski definition) is 0. The van der Waals surface area contributed by atoms with Gasteiger partial charge < -0.3 is 23.7 Å². The maximum atomic E-state index is 8.24. The fourth-order valence-corrected chi connectivity index (χ4v) is 1.32. The topological polar surface area (TPSA) is 144 Å². The largest absolute Gasteiger partial charge is 0.379 e. The van der Waals surface area contributed by atoms with Crippen LogP contribution in [-0.2, 0) is 23.7 Å². The van der Waals surface area contributed by atoms with Crippen molar-refractivity contribution in [2.75, 3.05) is 66.1 Å². The Morgan fingerprint density at radius 2 is 1.09 bits per heavy atom. The van der Waals surface area contributed by atoms with Crippen molar-refractivity contribution in [3.05, 3.63) is 20.9 Å². The fraction of sp³-hybridized carbons (Fsp3) is 1.00. The molecule has 0 aromatic carbocycles. The summed E-state index contributed by atoms with van der Waals surface area (Å²) in [4.78, 5) is 5.11. The van der Waals surface area contributed by atoms with Gasteiger partial charge >= 0.3 is 0 Å². The first kappa shape index (κ1) is 21.4. The molecule has 0 unspecified atom stereocenters. The third kappa shape index (κ3) is 16.6. The summed E-state index contributed by atoms with van der Waals surface area (Å²) >= 11 is 0. The highest BCUT2D eigenvalue weighted by Gasteiger charge is 2.02. The zero-order valence-electron chi connectivity index (χ0n) is 13.4. The van der Waals surface area contributed by atoms with E-state index >= 15 is 0 Å². The van der Waals surface area contributed by atoms with Gasteiger partial charge in [0.05, 0.1) is 59.5 Å². The first-order valence-corrected chi connectivity index (χ1v) is 7.32. The molecule has 0 fully saturated rings. The van der Waals surface area contributed by atoms with Crippen LogP contribution < -0.4 is 0 Å². The molecule has 0 aliphatic carbocycles. The average Bonchev–Trinajstić information content (AvgIpc) is 2.55. The molecular formula is C12H24N6O5. The lowest BCUT2D eigenvalue weighted by Crippen LogP contribution is -2.15. The molecule has 0 aromatic rings. The Balaban J connectivity index is 3.24. The Hall–Kier alpha value is -1.58. The molecule has 0 atom stereocenters. The van der Waals surface area contributed by atoms with Crippen LogP contribution in [0.4, 0.5) is 0 Å². The number of hydrogen-bond acceptors (Lipinski definition) is 7. The third-order valence-electron chi connectivity index (χ3n) is 2.33. The lowest BCUT2D eigenvalue weighted by atomic mass is 10.6. The fourth-order valence-electron chi connectivity index (χ4n) is 1.32. The molecule has 0 spiro atoms. The SMILES string of the molecule is CCOCCOCCOCCOCCOCC(N=[N+]=[N-])N=[N+]=[N-]. The van der Waals surface area contributed by atoms with Gasteiger partial charge in [0.25, 0.3) is 0 Å². The van der Waals surface area contributed by atoms with E-state index < -0.39 is 6.17 Å². The van der Waals surface area contributed by atoms with Gasteiger partial charge in [0, 0.05) is 16.4 Å². The molecule has 0 aliphatic rings. The van der Waals surface area contributed by atoms with Crippen LogP contribution in [0.25, 0.3) is 20.9 Å². The van der Waals surface area contributed by atoms with Crippen LogP contribution >= 0.6 is 0 Å². The highest BCUT2D eigenvalue weighted by atomic mass is 16.6. The van der Waals surface area contributed by atoms with E-state index in [2.05, 4.69) is 20.1 Å². The summed E-state index contributed by atoms with van der Waals surface area (Å²) in [5.74, 6) is 0. The molecule has 0 N–H and O–H groups in total. The van der Waals surface area contributed by atoms with Crippen LogP contribution in [-0.4, -0.2) is 72.2 Å². The van der Waals surface area contributed by atoms with Crippen molar-refractivity contribution in [3.63, 3.8) is 0 Å². The number of azide groups is 1. The van der Waals surface area contributed by atoms with Crippen molar-refractivity contribution in [2.24, 2.45) is 10.2 Å². The van der Waals surface area contributed by atoms with Gasteiger partial charge in [0.1, 0.15) is 6.17 Å². The first-order valence-electron chi connectivity index (χ1n) is 7.32. The maximum absolute atomic E-state index is 8.24. The second-order valence-electron chi connectivity index (χ2n) is 4.00. The van der Waals surface area contributed by atoms with E-state index in [0.29, 0.717) is 59.5 Å². The summed E-state index contributed by atoms with van der Waals surface area (Å²) < 4.78 is 26.2. The first-order chi connectivity index (χ1) is 11.3. The minimum atomic E-state index is -0.879. The molecule has 0 saturated heterocycles. The minimum absolute atomic E-state index is 0.0209. The molecule has 0 radical (unpaired) electrons. The van der Waals surface area contributed by atoms with E-state index in [1.165, 1.54) is 0 Å². The predicted molar refractivity (Wildman–Crippen MR) is 81.8 cm³/mol. The van der Waals surface area contributed by atoms with Crippen molar-refractivity contribution in [1.29, 1.82) is 0 Å². The zero-order chi connectivity index (χ0) is 17.0. The normalized spacial score (nSPS) is 11.5. The molecule has 11 nitrogen and oxygen atoms in total. The Bertz CT molecular complexity index is 342. The summed E-state index contributed by atoms with van der Waals surface area (Å²) in [5.41, 5.74) is 16.5. The van der Waals surface area contributed by atoms with Crippen molar-refractivity contribution in [2.45, 2.75) is 13.1 Å². The highest BCUT2D eigenvalue weighted by Crippen LogP contribution is 1.96. The van der Waals surface area contributed by atoms with Crippen LogP contribution in [0.5, 0.6) is 0 Å². The van der Waals surface area contributed by atoms with Crippen LogP contribution in [0.3, 0.4) is 0 Å². The molecule has 0 bridgehead atoms. The third-order valence-corrected chi connectivity index (χ3v) is 2.33. The summed E-state index contributed by atoms with van der Waals surface area (Å²) in [6.45, 7) is 6.43. The van der Waals surface area contributed by atoms with E-state index in [-0.39, 0.29) is 6.61 Å². The van der Waals surface area contributed by atoms with E-state index in [9.17, 15) is 0 Å². The second-order valence-corrected chi connectivity index (χ2v) is 4.00. The van der Waals surface area contributed by atoms with Crippen molar-refractivity contribution in [3.8, 4) is 0 Å². The van der Waals surface area contributed by atoms with Gasteiger partial charge in [-0.3, -0.25) is 0 Å². The molecule has 0 saturated carbocycles. The lowest BCUT2D eigenvalue weighted by molar-refractivity contribution is -0.0109. The molecule has 0 rings (SSSR count). The van der Waals surface area contributed by atoms with E-state index in [0.717, 1.165) is 0 Å². The molecular weight excluding hydrogens is 308 g/mol. The van der Waals surface area contributed by atoms with Crippen LogP contribution in [0.1, 0.15) is 6.92 Å². The Labute approximate surface area is 135 Å². The molecule has 0 amide bonds. The van der Waals surface area contributed by atoms with Gasteiger partial charge in [-0.1, -0.05) is 10.2 Å². The Morgan fingerprint density at radius 1 is 0.696 bits per heavy atom. The monoisotopic (exact) mass is 332 g/mol. The maximum Gasteiger partial charge on any atom is 0.139 e. The van der Waals surface area contributed by atoms with Gasteiger partial charge in [0.15, 0.2) is 0 Å². The van der Waals surface area contributed by atoms with E-state index in [1.54, 1.807) is 0 Å². The molecule has 0 aromatic heterocycles. The smallest absolute Gasteiger partial charge is 0.139 e.